The maximum absolute atomic E-state index is 12.2. The quantitative estimate of drug-likeness (QED) is 0.500. The maximum atomic E-state index is 12.2. The number of hydrogen-bond donors (Lipinski definition) is 1. The Morgan fingerprint density at radius 3 is 2.23 bits per heavy atom. The van der Waals surface area contributed by atoms with E-state index in [9.17, 15) is 9.59 Å². The zero-order valence-corrected chi connectivity index (χ0v) is 15.9. The predicted molar refractivity (Wildman–Crippen MR) is 112 cm³/mol. The summed E-state index contributed by atoms with van der Waals surface area (Å²) in [6, 6.07) is 24.1. The van der Waals surface area contributed by atoms with Crippen molar-refractivity contribution >= 4 is 17.6 Å². The Bertz CT molecular complexity index is 1120. The number of nitrogens with one attached hydrogen (secondary N) is 1. The SMILES string of the molecule is O=C(COC(=O)c1ccc(-n2cncn2)cc1)Nc1ccc(-c2ccccc2)cc1. The number of rotatable bonds is 6. The number of esters is 1. The molecule has 0 spiro atoms. The summed E-state index contributed by atoms with van der Waals surface area (Å²) >= 11 is 0. The minimum Gasteiger partial charge on any atom is -0.452 e. The van der Waals surface area contributed by atoms with Crippen molar-refractivity contribution in [3.05, 3.63) is 97.1 Å². The molecule has 0 saturated carbocycles. The highest BCUT2D eigenvalue weighted by atomic mass is 16.5. The highest BCUT2D eigenvalue weighted by molar-refractivity contribution is 5.95. The summed E-state index contributed by atoms with van der Waals surface area (Å²) in [5.74, 6) is -0.982. The van der Waals surface area contributed by atoms with E-state index < -0.39 is 11.9 Å². The lowest BCUT2D eigenvalue weighted by molar-refractivity contribution is -0.119. The second-order valence-electron chi connectivity index (χ2n) is 6.45. The van der Waals surface area contributed by atoms with Crippen LogP contribution in [0.3, 0.4) is 0 Å². The topological polar surface area (TPSA) is 86.1 Å². The van der Waals surface area contributed by atoms with Crippen LogP contribution >= 0.6 is 0 Å². The van der Waals surface area contributed by atoms with Gasteiger partial charge in [-0.15, -0.1) is 0 Å². The van der Waals surface area contributed by atoms with E-state index in [4.69, 9.17) is 4.74 Å². The van der Waals surface area contributed by atoms with E-state index in [-0.39, 0.29) is 6.61 Å². The lowest BCUT2D eigenvalue weighted by Crippen LogP contribution is -2.20. The highest BCUT2D eigenvalue weighted by Crippen LogP contribution is 2.21. The zero-order valence-electron chi connectivity index (χ0n) is 15.9. The van der Waals surface area contributed by atoms with Gasteiger partial charge in [0.05, 0.1) is 11.3 Å². The van der Waals surface area contributed by atoms with Crippen molar-refractivity contribution in [3.63, 3.8) is 0 Å². The molecule has 7 heteroatoms. The Hall–Kier alpha value is -4.26. The van der Waals surface area contributed by atoms with E-state index in [1.165, 1.54) is 6.33 Å². The second-order valence-corrected chi connectivity index (χ2v) is 6.45. The standard InChI is InChI=1S/C23H18N4O3/c28-22(26-20-10-6-18(7-11-20)17-4-2-1-3-5-17)14-30-23(29)19-8-12-21(13-9-19)27-16-24-15-25-27/h1-13,15-16H,14H2,(H,26,28). The molecule has 0 aliphatic rings. The molecule has 0 radical (unpaired) electrons. The van der Waals surface area contributed by atoms with Crippen LogP contribution in [0.4, 0.5) is 5.69 Å². The van der Waals surface area contributed by atoms with Gasteiger partial charge in [0.25, 0.3) is 5.91 Å². The van der Waals surface area contributed by atoms with Crippen LogP contribution in [0.15, 0.2) is 91.5 Å². The number of hydrogen-bond acceptors (Lipinski definition) is 5. The van der Waals surface area contributed by atoms with Gasteiger partial charge in [-0.05, 0) is 47.5 Å². The molecule has 0 bridgehead atoms. The largest absolute Gasteiger partial charge is 0.452 e. The van der Waals surface area contributed by atoms with Gasteiger partial charge in [-0.3, -0.25) is 4.79 Å². The van der Waals surface area contributed by atoms with Crippen molar-refractivity contribution in [2.45, 2.75) is 0 Å². The number of carbonyl (C=O) groups is 2. The Morgan fingerprint density at radius 2 is 1.57 bits per heavy atom. The van der Waals surface area contributed by atoms with Crippen LogP contribution in [0.1, 0.15) is 10.4 Å². The molecule has 148 valence electrons. The predicted octanol–water partition coefficient (Wildman–Crippen LogP) is 3.73. The van der Waals surface area contributed by atoms with Crippen LogP contribution < -0.4 is 5.32 Å². The molecular weight excluding hydrogens is 380 g/mol. The van der Waals surface area contributed by atoms with Crippen LogP contribution in [0, 0.1) is 0 Å². The molecule has 1 amide bonds. The maximum Gasteiger partial charge on any atom is 0.338 e. The van der Waals surface area contributed by atoms with Crippen molar-refractivity contribution in [3.8, 4) is 16.8 Å². The minimum atomic E-state index is -0.574. The molecule has 0 saturated heterocycles. The van der Waals surface area contributed by atoms with Crippen molar-refractivity contribution in [2.75, 3.05) is 11.9 Å². The molecule has 4 rings (SSSR count). The first-order valence-corrected chi connectivity index (χ1v) is 9.26. The number of benzene rings is 3. The lowest BCUT2D eigenvalue weighted by atomic mass is 10.1. The summed E-state index contributed by atoms with van der Waals surface area (Å²) in [5, 5.41) is 6.74. The van der Waals surface area contributed by atoms with Crippen molar-refractivity contribution in [1.82, 2.24) is 14.8 Å². The molecule has 0 aliphatic carbocycles. The Kier molecular flexibility index (Phi) is 5.61. The monoisotopic (exact) mass is 398 g/mol. The molecular formula is C23H18N4O3. The minimum absolute atomic E-state index is 0.346. The Labute approximate surface area is 173 Å². The highest BCUT2D eigenvalue weighted by Gasteiger charge is 2.11. The normalized spacial score (nSPS) is 10.4. The third-order valence-electron chi connectivity index (χ3n) is 4.40. The van der Waals surface area contributed by atoms with Crippen molar-refractivity contribution in [1.29, 1.82) is 0 Å². The van der Waals surface area contributed by atoms with Gasteiger partial charge in [0, 0.05) is 5.69 Å². The Morgan fingerprint density at radius 1 is 0.867 bits per heavy atom. The van der Waals surface area contributed by atoms with Crippen LogP contribution in [-0.2, 0) is 9.53 Å². The number of ether oxygens (including phenoxy) is 1. The molecule has 7 nitrogen and oxygen atoms in total. The van der Waals surface area contributed by atoms with Crippen molar-refractivity contribution < 1.29 is 14.3 Å². The third-order valence-corrected chi connectivity index (χ3v) is 4.40. The molecule has 0 unspecified atom stereocenters. The van der Waals surface area contributed by atoms with E-state index in [0.29, 0.717) is 11.3 Å². The average molecular weight is 398 g/mol. The summed E-state index contributed by atoms with van der Waals surface area (Å²) in [6.45, 7) is -0.371. The smallest absolute Gasteiger partial charge is 0.338 e. The van der Waals surface area contributed by atoms with Crippen molar-refractivity contribution in [2.24, 2.45) is 0 Å². The fourth-order valence-electron chi connectivity index (χ4n) is 2.88. The molecule has 0 fully saturated rings. The molecule has 1 heterocycles. The molecule has 1 aromatic heterocycles. The number of nitrogens with zero attached hydrogens (tertiary/aromatic N) is 3. The van der Waals surface area contributed by atoms with E-state index in [2.05, 4.69) is 15.4 Å². The Balaban J connectivity index is 1.29. The summed E-state index contributed by atoms with van der Waals surface area (Å²) in [6.07, 6.45) is 2.99. The molecule has 0 atom stereocenters. The van der Waals surface area contributed by atoms with Gasteiger partial charge in [0.1, 0.15) is 12.7 Å². The summed E-state index contributed by atoms with van der Waals surface area (Å²) in [7, 11) is 0. The van der Waals surface area contributed by atoms with Gasteiger partial charge in [-0.25, -0.2) is 14.5 Å². The van der Waals surface area contributed by atoms with Crippen LogP contribution in [-0.4, -0.2) is 33.2 Å². The first kappa shape index (κ1) is 19.1. The summed E-state index contributed by atoms with van der Waals surface area (Å²) in [5.41, 5.74) is 3.89. The van der Waals surface area contributed by atoms with Crippen LogP contribution in [0.2, 0.25) is 0 Å². The third kappa shape index (κ3) is 4.59. The lowest BCUT2D eigenvalue weighted by Gasteiger charge is -2.08. The van der Waals surface area contributed by atoms with Gasteiger partial charge >= 0.3 is 5.97 Å². The number of amides is 1. The molecule has 0 aliphatic heterocycles. The number of aromatic nitrogens is 3. The summed E-state index contributed by atoms with van der Waals surface area (Å²) < 4.78 is 6.67. The van der Waals surface area contributed by atoms with E-state index in [0.717, 1.165) is 16.8 Å². The fraction of sp³-hybridized carbons (Fsp3) is 0.0435. The van der Waals surface area contributed by atoms with Gasteiger partial charge < -0.3 is 10.1 Å². The van der Waals surface area contributed by atoms with E-state index in [1.54, 1.807) is 35.3 Å². The van der Waals surface area contributed by atoms with Gasteiger partial charge in [-0.2, -0.15) is 5.10 Å². The van der Waals surface area contributed by atoms with Crippen LogP contribution in [0.25, 0.3) is 16.8 Å². The molecule has 1 N–H and O–H groups in total. The molecule has 30 heavy (non-hydrogen) atoms. The first-order chi connectivity index (χ1) is 14.7. The zero-order chi connectivity index (χ0) is 20.8. The molecule has 3 aromatic carbocycles. The fourth-order valence-corrected chi connectivity index (χ4v) is 2.88. The van der Waals surface area contributed by atoms with Gasteiger partial charge in [0.15, 0.2) is 6.61 Å². The average Bonchev–Trinajstić information content (AvgIpc) is 3.34. The van der Waals surface area contributed by atoms with Gasteiger partial charge in [-0.1, -0.05) is 42.5 Å². The number of anilines is 1. The first-order valence-electron chi connectivity index (χ1n) is 9.26. The van der Waals surface area contributed by atoms with Gasteiger partial charge in [0.2, 0.25) is 0 Å². The summed E-state index contributed by atoms with van der Waals surface area (Å²) in [4.78, 5) is 28.1. The second kappa shape index (κ2) is 8.83. The van der Waals surface area contributed by atoms with E-state index in [1.807, 2.05) is 54.6 Å². The van der Waals surface area contributed by atoms with Crippen LogP contribution in [0.5, 0.6) is 0 Å². The number of carbonyl (C=O) groups excluding carboxylic acids is 2. The molecule has 4 aromatic rings. The van der Waals surface area contributed by atoms with E-state index >= 15 is 0 Å².